The Morgan fingerprint density at radius 3 is 2.54 bits per heavy atom. The van der Waals surface area contributed by atoms with Crippen molar-refractivity contribution in [2.75, 3.05) is 24.6 Å². The number of ether oxygens (including phenoxy) is 2. The minimum atomic E-state index is -0.362. The van der Waals surface area contributed by atoms with Gasteiger partial charge in [0.2, 0.25) is 0 Å². The topological polar surface area (TPSA) is 52.4 Å². The summed E-state index contributed by atoms with van der Waals surface area (Å²) < 4.78 is 13.8. The highest BCUT2D eigenvalue weighted by Crippen LogP contribution is 2.35. The van der Waals surface area contributed by atoms with Gasteiger partial charge in [-0.05, 0) is 39.0 Å². The van der Waals surface area contributed by atoms with Crippen LogP contribution in [0.2, 0.25) is 0 Å². The summed E-state index contributed by atoms with van der Waals surface area (Å²) in [6.45, 7) is 8.64. The molecule has 2 aliphatic heterocycles. The summed E-state index contributed by atoms with van der Waals surface area (Å²) in [5.41, 5.74) is 3.13. The maximum atomic E-state index is 5.99. The first-order valence-electron chi connectivity index (χ1n) is 8.61. The third-order valence-electron chi connectivity index (χ3n) is 4.83. The molecule has 6 heteroatoms. The number of aryl methyl sites for hydroxylation is 2. The Morgan fingerprint density at radius 1 is 1.21 bits per heavy atom. The molecule has 0 N–H and O–H groups in total. The van der Waals surface area contributed by atoms with Crippen LogP contribution in [-0.2, 0) is 9.47 Å². The molecule has 128 valence electrons. The highest BCUT2D eigenvalue weighted by Gasteiger charge is 2.42. The molecule has 0 saturated carbocycles. The van der Waals surface area contributed by atoms with Gasteiger partial charge in [0.05, 0.1) is 30.3 Å². The Kier molecular flexibility index (Phi) is 3.81. The van der Waals surface area contributed by atoms with Crippen LogP contribution in [0.3, 0.4) is 0 Å². The van der Waals surface area contributed by atoms with Crippen molar-refractivity contribution in [1.82, 2.24) is 14.8 Å². The van der Waals surface area contributed by atoms with Gasteiger partial charge in [-0.3, -0.25) is 0 Å². The Morgan fingerprint density at radius 2 is 2.00 bits per heavy atom. The number of pyridine rings is 1. The first-order valence-corrected chi connectivity index (χ1v) is 8.61. The van der Waals surface area contributed by atoms with Gasteiger partial charge in [0.25, 0.3) is 0 Å². The molecular weight excluding hydrogens is 304 g/mol. The van der Waals surface area contributed by atoms with E-state index in [1.54, 1.807) is 0 Å². The summed E-state index contributed by atoms with van der Waals surface area (Å²) in [7, 11) is 0. The average Bonchev–Trinajstić information content (AvgIpc) is 3.11. The monoisotopic (exact) mass is 328 g/mol. The molecular formula is C18H24N4O2. The second-order valence-electron chi connectivity index (χ2n) is 6.85. The van der Waals surface area contributed by atoms with E-state index in [2.05, 4.69) is 47.0 Å². The fourth-order valence-corrected chi connectivity index (χ4v) is 3.62. The van der Waals surface area contributed by atoms with Crippen molar-refractivity contribution in [2.45, 2.75) is 45.5 Å². The van der Waals surface area contributed by atoms with Crippen LogP contribution in [0, 0.1) is 13.8 Å². The summed E-state index contributed by atoms with van der Waals surface area (Å²) in [6, 6.07) is 6.22. The zero-order chi connectivity index (χ0) is 16.7. The van der Waals surface area contributed by atoms with Gasteiger partial charge in [-0.25, -0.2) is 9.67 Å². The molecule has 0 aliphatic carbocycles. The van der Waals surface area contributed by atoms with E-state index in [0.717, 1.165) is 48.8 Å². The zero-order valence-electron chi connectivity index (χ0n) is 14.5. The molecule has 2 aromatic heterocycles. The summed E-state index contributed by atoms with van der Waals surface area (Å²) in [5, 5.41) is 4.51. The molecule has 2 fully saturated rings. The SMILES string of the molecule is Cc1cc(C)n(-c2ccc(N3CCC4(CC3)OC[C@@H](C)O4)nc2)n1. The lowest BCUT2D eigenvalue weighted by molar-refractivity contribution is -0.178. The molecule has 1 atom stereocenters. The van der Waals surface area contributed by atoms with Crippen LogP contribution in [0.25, 0.3) is 5.69 Å². The van der Waals surface area contributed by atoms with E-state index < -0.39 is 0 Å². The molecule has 0 unspecified atom stereocenters. The predicted octanol–water partition coefficient (Wildman–Crippen LogP) is 2.62. The lowest BCUT2D eigenvalue weighted by Crippen LogP contribution is -2.45. The van der Waals surface area contributed by atoms with Crippen LogP contribution in [0.1, 0.15) is 31.2 Å². The number of piperidine rings is 1. The molecule has 2 aliphatic rings. The minimum Gasteiger partial charge on any atom is -0.356 e. The first kappa shape index (κ1) is 15.6. The van der Waals surface area contributed by atoms with E-state index in [9.17, 15) is 0 Å². The van der Waals surface area contributed by atoms with Crippen molar-refractivity contribution < 1.29 is 9.47 Å². The second kappa shape index (κ2) is 5.86. The van der Waals surface area contributed by atoms with E-state index in [0.29, 0.717) is 6.61 Å². The van der Waals surface area contributed by atoms with Gasteiger partial charge in [0, 0.05) is 31.6 Å². The van der Waals surface area contributed by atoms with Gasteiger partial charge in [-0.15, -0.1) is 0 Å². The molecule has 24 heavy (non-hydrogen) atoms. The Bertz CT molecular complexity index is 717. The number of hydrogen-bond acceptors (Lipinski definition) is 5. The summed E-state index contributed by atoms with van der Waals surface area (Å²) >= 11 is 0. The van der Waals surface area contributed by atoms with E-state index >= 15 is 0 Å². The largest absolute Gasteiger partial charge is 0.356 e. The Hall–Kier alpha value is -1.92. The molecule has 0 amide bonds. The van der Waals surface area contributed by atoms with Crippen LogP contribution < -0.4 is 4.90 Å². The molecule has 6 nitrogen and oxygen atoms in total. The van der Waals surface area contributed by atoms with Crippen LogP contribution >= 0.6 is 0 Å². The summed E-state index contributed by atoms with van der Waals surface area (Å²) in [6.07, 6.45) is 3.87. The highest BCUT2D eigenvalue weighted by atomic mass is 16.7. The lowest BCUT2D eigenvalue weighted by atomic mass is 10.0. The van der Waals surface area contributed by atoms with Crippen molar-refractivity contribution in [3.8, 4) is 5.69 Å². The van der Waals surface area contributed by atoms with E-state index in [1.165, 1.54) is 0 Å². The van der Waals surface area contributed by atoms with Crippen molar-refractivity contribution >= 4 is 5.82 Å². The maximum Gasteiger partial charge on any atom is 0.172 e. The van der Waals surface area contributed by atoms with E-state index in [1.807, 2.05) is 17.8 Å². The third-order valence-corrected chi connectivity index (χ3v) is 4.83. The maximum absolute atomic E-state index is 5.99. The smallest absolute Gasteiger partial charge is 0.172 e. The Labute approximate surface area is 142 Å². The van der Waals surface area contributed by atoms with Gasteiger partial charge < -0.3 is 14.4 Å². The summed E-state index contributed by atoms with van der Waals surface area (Å²) in [5.74, 6) is 0.640. The summed E-state index contributed by atoms with van der Waals surface area (Å²) in [4.78, 5) is 6.94. The number of rotatable bonds is 2. The standard InChI is InChI=1S/C18H24N4O2/c1-13-10-14(2)22(20-13)16-4-5-17(19-11-16)21-8-6-18(7-9-21)23-12-15(3)24-18/h4-5,10-11,15H,6-9,12H2,1-3H3/t15-/m1/s1. The highest BCUT2D eigenvalue weighted by molar-refractivity contribution is 5.44. The van der Waals surface area contributed by atoms with Crippen LogP contribution in [0.5, 0.6) is 0 Å². The van der Waals surface area contributed by atoms with Crippen molar-refractivity contribution in [2.24, 2.45) is 0 Å². The zero-order valence-corrected chi connectivity index (χ0v) is 14.5. The molecule has 2 aromatic rings. The van der Waals surface area contributed by atoms with Crippen LogP contribution in [0.15, 0.2) is 24.4 Å². The van der Waals surface area contributed by atoms with Gasteiger partial charge >= 0.3 is 0 Å². The fraction of sp³-hybridized carbons (Fsp3) is 0.556. The van der Waals surface area contributed by atoms with Crippen LogP contribution in [0.4, 0.5) is 5.82 Å². The van der Waals surface area contributed by atoms with Gasteiger partial charge in [0.15, 0.2) is 5.79 Å². The minimum absolute atomic E-state index is 0.203. The van der Waals surface area contributed by atoms with E-state index in [4.69, 9.17) is 9.47 Å². The third kappa shape index (κ3) is 2.80. The number of aromatic nitrogens is 3. The first-order chi connectivity index (χ1) is 11.5. The molecule has 0 radical (unpaired) electrons. The van der Waals surface area contributed by atoms with Crippen LogP contribution in [-0.4, -0.2) is 46.4 Å². The van der Waals surface area contributed by atoms with Gasteiger partial charge in [-0.2, -0.15) is 5.10 Å². The molecule has 2 saturated heterocycles. The molecule has 1 spiro atoms. The van der Waals surface area contributed by atoms with Crippen molar-refractivity contribution in [1.29, 1.82) is 0 Å². The predicted molar refractivity (Wildman–Crippen MR) is 91.5 cm³/mol. The number of hydrogen-bond donors (Lipinski definition) is 0. The van der Waals surface area contributed by atoms with Crippen molar-refractivity contribution in [3.63, 3.8) is 0 Å². The number of anilines is 1. The normalized spacial score (nSPS) is 23.1. The fourth-order valence-electron chi connectivity index (χ4n) is 3.62. The lowest BCUT2D eigenvalue weighted by Gasteiger charge is -2.38. The van der Waals surface area contributed by atoms with E-state index in [-0.39, 0.29) is 11.9 Å². The quantitative estimate of drug-likeness (QED) is 0.848. The molecule has 4 rings (SSSR count). The average molecular weight is 328 g/mol. The number of nitrogens with zero attached hydrogens (tertiary/aromatic N) is 4. The second-order valence-corrected chi connectivity index (χ2v) is 6.85. The molecule has 0 aromatic carbocycles. The van der Waals surface area contributed by atoms with Gasteiger partial charge in [-0.1, -0.05) is 0 Å². The van der Waals surface area contributed by atoms with Crippen molar-refractivity contribution in [3.05, 3.63) is 35.8 Å². The van der Waals surface area contributed by atoms with Gasteiger partial charge in [0.1, 0.15) is 5.82 Å². The molecule has 0 bridgehead atoms. The molecule has 4 heterocycles. The Balaban J connectivity index is 1.45.